The van der Waals surface area contributed by atoms with Gasteiger partial charge in [-0.05, 0) is 29.7 Å². The summed E-state index contributed by atoms with van der Waals surface area (Å²) in [6, 6.07) is 6.46. The number of thiocarbonyl (C=S) groups is 1. The molecule has 23 heavy (non-hydrogen) atoms. The largest absolute Gasteiger partial charge is 0.508 e. The maximum atomic E-state index is 12.4. The summed E-state index contributed by atoms with van der Waals surface area (Å²) in [6.07, 6.45) is 1.68. The maximum absolute atomic E-state index is 12.4. The van der Waals surface area contributed by atoms with Crippen molar-refractivity contribution in [2.24, 2.45) is 5.92 Å². The van der Waals surface area contributed by atoms with Crippen molar-refractivity contribution in [1.82, 2.24) is 4.90 Å². The number of esters is 1. The highest BCUT2D eigenvalue weighted by atomic mass is 32.2. The van der Waals surface area contributed by atoms with E-state index in [9.17, 15) is 14.7 Å². The van der Waals surface area contributed by atoms with Crippen LogP contribution in [-0.2, 0) is 14.3 Å². The third-order valence-electron chi connectivity index (χ3n) is 2.93. The van der Waals surface area contributed by atoms with E-state index in [1.165, 1.54) is 17.0 Å². The van der Waals surface area contributed by atoms with Gasteiger partial charge in [0.1, 0.15) is 16.6 Å². The molecule has 1 aromatic rings. The molecule has 0 unspecified atom stereocenters. The van der Waals surface area contributed by atoms with E-state index in [1.807, 2.05) is 13.8 Å². The highest BCUT2D eigenvalue weighted by Crippen LogP contribution is 2.32. The van der Waals surface area contributed by atoms with Crippen LogP contribution in [0.2, 0.25) is 0 Å². The number of aromatic hydroxyl groups is 1. The maximum Gasteiger partial charge on any atom is 0.326 e. The lowest BCUT2D eigenvalue weighted by molar-refractivity contribution is -0.147. The van der Waals surface area contributed by atoms with E-state index >= 15 is 0 Å². The van der Waals surface area contributed by atoms with Crippen LogP contribution in [0.25, 0.3) is 6.08 Å². The first-order valence-electron chi connectivity index (χ1n) is 7.07. The zero-order chi connectivity index (χ0) is 17.0. The second kappa shape index (κ2) is 7.61. The number of hydrogen-bond acceptors (Lipinski definition) is 6. The number of hydrogen-bond donors (Lipinski definition) is 1. The molecule has 0 spiro atoms. The predicted octanol–water partition coefficient (Wildman–Crippen LogP) is 2.79. The number of amides is 1. The van der Waals surface area contributed by atoms with Gasteiger partial charge in [0.05, 0.1) is 11.5 Å². The minimum absolute atomic E-state index is 0.155. The lowest BCUT2D eigenvalue weighted by Crippen LogP contribution is -2.34. The molecular formula is C16H17NO4S2. The standard InChI is InChI=1S/C16H17NO4S2/c1-10(2)9-21-14(19)8-17-15(20)13(23-16(17)22)7-11-3-5-12(18)6-4-11/h3-7,10,18H,8-9H2,1-2H3/b13-7+. The van der Waals surface area contributed by atoms with Crippen LogP contribution >= 0.6 is 24.0 Å². The molecule has 0 aromatic heterocycles. The van der Waals surface area contributed by atoms with E-state index in [0.717, 1.165) is 17.3 Å². The second-order valence-corrected chi connectivity index (χ2v) is 7.11. The first kappa shape index (κ1) is 17.5. The van der Waals surface area contributed by atoms with Crippen molar-refractivity contribution in [2.75, 3.05) is 13.2 Å². The number of rotatable bonds is 5. The van der Waals surface area contributed by atoms with E-state index in [1.54, 1.807) is 18.2 Å². The van der Waals surface area contributed by atoms with Gasteiger partial charge >= 0.3 is 5.97 Å². The second-order valence-electron chi connectivity index (χ2n) is 5.44. The van der Waals surface area contributed by atoms with E-state index in [0.29, 0.717) is 15.8 Å². The molecule has 1 fully saturated rings. The third-order valence-corrected chi connectivity index (χ3v) is 4.31. The monoisotopic (exact) mass is 351 g/mol. The van der Waals surface area contributed by atoms with Gasteiger partial charge in [0, 0.05) is 0 Å². The Labute approximate surface area is 144 Å². The Morgan fingerprint density at radius 2 is 2.04 bits per heavy atom. The van der Waals surface area contributed by atoms with E-state index in [2.05, 4.69) is 0 Å². The molecule has 0 atom stereocenters. The summed E-state index contributed by atoms with van der Waals surface area (Å²) < 4.78 is 5.41. The minimum Gasteiger partial charge on any atom is -0.508 e. The molecule has 0 aliphatic carbocycles. The molecule has 1 aromatic carbocycles. The van der Waals surface area contributed by atoms with Crippen LogP contribution in [0.5, 0.6) is 5.75 Å². The highest BCUT2D eigenvalue weighted by Gasteiger charge is 2.33. The number of nitrogens with zero attached hydrogens (tertiary/aromatic N) is 1. The molecule has 7 heteroatoms. The number of phenolic OH excluding ortho intramolecular Hbond substituents is 1. The molecule has 5 nitrogen and oxygen atoms in total. The molecule has 122 valence electrons. The Morgan fingerprint density at radius 1 is 1.39 bits per heavy atom. The molecule has 1 aliphatic heterocycles. The van der Waals surface area contributed by atoms with Gasteiger partial charge in [-0.25, -0.2) is 0 Å². The number of phenols is 1. The van der Waals surface area contributed by atoms with Crippen LogP contribution in [0.1, 0.15) is 19.4 Å². The molecule has 0 saturated carbocycles. The van der Waals surface area contributed by atoms with E-state index in [-0.39, 0.29) is 24.1 Å². The fraction of sp³-hybridized carbons (Fsp3) is 0.312. The summed E-state index contributed by atoms with van der Waals surface area (Å²) in [5.41, 5.74) is 0.769. The Morgan fingerprint density at radius 3 is 2.65 bits per heavy atom. The van der Waals surface area contributed by atoms with Crippen molar-refractivity contribution in [3.8, 4) is 5.75 Å². The van der Waals surface area contributed by atoms with Crippen LogP contribution in [0.3, 0.4) is 0 Å². The van der Waals surface area contributed by atoms with Gasteiger partial charge in [-0.15, -0.1) is 0 Å². The smallest absolute Gasteiger partial charge is 0.326 e. The number of carbonyl (C=O) groups is 2. The molecule has 1 N–H and O–H groups in total. The number of carbonyl (C=O) groups excluding carboxylic acids is 2. The average molecular weight is 351 g/mol. The number of thioether (sulfide) groups is 1. The molecule has 1 aliphatic rings. The van der Waals surface area contributed by atoms with Crippen molar-refractivity contribution in [3.63, 3.8) is 0 Å². The first-order valence-corrected chi connectivity index (χ1v) is 8.29. The predicted molar refractivity (Wildman–Crippen MR) is 93.8 cm³/mol. The van der Waals surface area contributed by atoms with Gasteiger partial charge in [-0.3, -0.25) is 14.5 Å². The van der Waals surface area contributed by atoms with Crippen molar-refractivity contribution in [2.45, 2.75) is 13.8 Å². The lowest BCUT2D eigenvalue weighted by Gasteiger charge is -2.14. The van der Waals surface area contributed by atoms with Crippen molar-refractivity contribution >= 4 is 46.3 Å². The summed E-state index contributed by atoms with van der Waals surface area (Å²) in [5.74, 6) is -0.391. The first-order chi connectivity index (χ1) is 10.9. The van der Waals surface area contributed by atoms with Gasteiger partial charge in [-0.2, -0.15) is 0 Å². The van der Waals surface area contributed by atoms with Crippen LogP contribution in [0.4, 0.5) is 0 Å². The Bertz CT molecular complexity index is 653. The normalized spacial score (nSPS) is 16.5. The Balaban J connectivity index is 2.04. The fourth-order valence-corrected chi connectivity index (χ4v) is 3.05. The summed E-state index contributed by atoms with van der Waals surface area (Å²) in [7, 11) is 0. The van der Waals surface area contributed by atoms with E-state index in [4.69, 9.17) is 17.0 Å². The fourth-order valence-electron chi connectivity index (χ4n) is 1.79. The van der Waals surface area contributed by atoms with E-state index < -0.39 is 5.97 Å². The summed E-state index contributed by atoms with van der Waals surface area (Å²) in [4.78, 5) is 25.8. The van der Waals surface area contributed by atoms with Gasteiger partial charge in [0.25, 0.3) is 5.91 Å². The van der Waals surface area contributed by atoms with Gasteiger partial charge in [0.2, 0.25) is 0 Å². The SMILES string of the molecule is CC(C)COC(=O)CN1C(=O)/C(=C\c2ccc(O)cc2)SC1=S. The summed E-state index contributed by atoms with van der Waals surface area (Å²) in [5, 5.41) is 9.27. The Kier molecular flexibility index (Phi) is 5.79. The van der Waals surface area contributed by atoms with Crippen LogP contribution in [0, 0.1) is 5.92 Å². The zero-order valence-electron chi connectivity index (χ0n) is 12.8. The number of benzene rings is 1. The molecule has 1 heterocycles. The van der Waals surface area contributed by atoms with Crippen molar-refractivity contribution in [1.29, 1.82) is 0 Å². The van der Waals surface area contributed by atoms with Gasteiger partial charge in [0.15, 0.2) is 0 Å². The zero-order valence-corrected chi connectivity index (χ0v) is 14.4. The van der Waals surface area contributed by atoms with Crippen LogP contribution in [0.15, 0.2) is 29.2 Å². The lowest BCUT2D eigenvalue weighted by atomic mass is 10.2. The van der Waals surface area contributed by atoms with Gasteiger partial charge in [-0.1, -0.05) is 50.0 Å². The highest BCUT2D eigenvalue weighted by molar-refractivity contribution is 8.26. The summed E-state index contributed by atoms with van der Waals surface area (Å²) in [6.45, 7) is 4.02. The van der Waals surface area contributed by atoms with Crippen molar-refractivity contribution < 1.29 is 19.4 Å². The Hall–Kier alpha value is -1.86. The number of ether oxygens (including phenoxy) is 1. The molecule has 2 rings (SSSR count). The summed E-state index contributed by atoms with van der Waals surface area (Å²) >= 11 is 6.31. The molecule has 0 bridgehead atoms. The average Bonchev–Trinajstić information content (AvgIpc) is 2.75. The minimum atomic E-state index is -0.471. The molecule has 0 radical (unpaired) electrons. The topological polar surface area (TPSA) is 66.8 Å². The van der Waals surface area contributed by atoms with Crippen molar-refractivity contribution in [3.05, 3.63) is 34.7 Å². The van der Waals surface area contributed by atoms with Crippen LogP contribution in [-0.4, -0.2) is 39.4 Å². The van der Waals surface area contributed by atoms with Crippen LogP contribution < -0.4 is 0 Å². The molecule has 1 saturated heterocycles. The molecule has 1 amide bonds. The quantitative estimate of drug-likeness (QED) is 0.500. The third kappa shape index (κ3) is 4.80. The van der Waals surface area contributed by atoms with Gasteiger partial charge < -0.3 is 9.84 Å². The molecular weight excluding hydrogens is 334 g/mol.